The molecular formula is C9H14F3N3O. The summed E-state index contributed by atoms with van der Waals surface area (Å²) in [5.74, 6) is 0. The van der Waals surface area contributed by atoms with Crippen molar-refractivity contribution in [2.75, 3.05) is 13.2 Å². The highest BCUT2D eigenvalue weighted by molar-refractivity contribution is 5.03. The topological polar surface area (TPSA) is 53.1 Å². The molecule has 1 heterocycles. The van der Waals surface area contributed by atoms with Crippen LogP contribution in [0.15, 0.2) is 12.3 Å². The summed E-state index contributed by atoms with van der Waals surface area (Å²) in [6.07, 6.45) is -3.45. The molecule has 1 aromatic rings. The smallest absolute Gasteiger partial charge is 0.375 e. The van der Waals surface area contributed by atoms with Crippen LogP contribution < -0.4 is 5.73 Å². The molecule has 0 fully saturated rings. The number of hydrogen-bond donors (Lipinski definition) is 1. The van der Waals surface area contributed by atoms with Gasteiger partial charge in [0.15, 0.2) is 5.69 Å². The third-order valence-electron chi connectivity index (χ3n) is 1.99. The van der Waals surface area contributed by atoms with Gasteiger partial charge < -0.3 is 10.5 Å². The lowest BCUT2D eigenvalue weighted by Crippen LogP contribution is -2.29. The third kappa shape index (κ3) is 3.49. The molecule has 0 aliphatic rings. The maximum absolute atomic E-state index is 12.2. The molecule has 0 saturated heterocycles. The summed E-state index contributed by atoms with van der Waals surface area (Å²) in [4.78, 5) is 0. The molecule has 1 aromatic heterocycles. The van der Waals surface area contributed by atoms with Crippen molar-refractivity contribution in [3.8, 4) is 0 Å². The second-order valence-corrected chi connectivity index (χ2v) is 3.23. The minimum Gasteiger partial charge on any atom is -0.375 e. The van der Waals surface area contributed by atoms with E-state index in [-0.39, 0.29) is 19.2 Å². The first-order valence-electron chi connectivity index (χ1n) is 4.89. The van der Waals surface area contributed by atoms with Gasteiger partial charge in [0.2, 0.25) is 0 Å². The Balaban J connectivity index is 2.64. The van der Waals surface area contributed by atoms with E-state index < -0.39 is 11.9 Å². The molecule has 0 aliphatic heterocycles. The fourth-order valence-corrected chi connectivity index (χ4v) is 1.25. The SMILES string of the molecule is CCOC(CN)Cn1ccc(C(F)(F)F)n1. The fraction of sp³-hybridized carbons (Fsp3) is 0.667. The van der Waals surface area contributed by atoms with E-state index in [9.17, 15) is 13.2 Å². The Hall–Kier alpha value is -1.08. The lowest BCUT2D eigenvalue weighted by atomic mass is 10.3. The van der Waals surface area contributed by atoms with Crippen LogP contribution in [-0.2, 0) is 17.5 Å². The molecular weight excluding hydrogens is 223 g/mol. The molecule has 1 atom stereocenters. The second-order valence-electron chi connectivity index (χ2n) is 3.23. The summed E-state index contributed by atoms with van der Waals surface area (Å²) in [5, 5.41) is 3.41. The lowest BCUT2D eigenvalue weighted by molar-refractivity contribution is -0.141. The molecule has 0 aromatic carbocycles. The minimum atomic E-state index is -4.41. The number of nitrogens with two attached hydrogens (primary N) is 1. The Morgan fingerprint density at radius 2 is 2.25 bits per heavy atom. The van der Waals surface area contributed by atoms with Gasteiger partial charge in [-0.15, -0.1) is 0 Å². The molecule has 2 N–H and O–H groups in total. The van der Waals surface area contributed by atoms with Crippen LogP contribution in [0.5, 0.6) is 0 Å². The predicted molar refractivity (Wildman–Crippen MR) is 51.7 cm³/mol. The predicted octanol–water partition coefficient (Wildman–Crippen LogP) is 1.27. The summed E-state index contributed by atoms with van der Waals surface area (Å²) in [6, 6.07) is 0.930. The number of hydrogen-bond acceptors (Lipinski definition) is 3. The van der Waals surface area contributed by atoms with E-state index in [1.807, 2.05) is 0 Å². The molecule has 0 spiro atoms. The Bertz CT molecular complexity index is 324. The van der Waals surface area contributed by atoms with Gasteiger partial charge in [0.1, 0.15) is 0 Å². The van der Waals surface area contributed by atoms with Gasteiger partial charge in [-0.2, -0.15) is 18.3 Å². The van der Waals surface area contributed by atoms with Gasteiger partial charge in [-0.25, -0.2) is 0 Å². The first kappa shape index (κ1) is 13.0. The number of halogens is 3. The third-order valence-corrected chi connectivity index (χ3v) is 1.99. The van der Waals surface area contributed by atoms with Crippen LogP contribution in [0.4, 0.5) is 13.2 Å². The molecule has 0 aliphatic carbocycles. The summed E-state index contributed by atoms with van der Waals surface area (Å²) < 4.78 is 43.1. The van der Waals surface area contributed by atoms with Crippen molar-refractivity contribution >= 4 is 0 Å². The fourth-order valence-electron chi connectivity index (χ4n) is 1.25. The quantitative estimate of drug-likeness (QED) is 0.839. The van der Waals surface area contributed by atoms with Crippen LogP contribution in [0.1, 0.15) is 12.6 Å². The van der Waals surface area contributed by atoms with Crippen LogP contribution in [-0.4, -0.2) is 29.0 Å². The normalized spacial score (nSPS) is 14.1. The Labute approximate surface area is 91.2 Å². The summed E-state index contributed by atoms with van der Waals surface area (Å²) in [5.41, 5.74) is 4.51. The van der Waals surface area contributed by atoms with Crippen molar-refractivity contribution in [2.45, 2.75) is 25.7 Å². The van der Waals surface area contributed by atoms with Gasteiger partial charge in [0.05, 0.1) is 12.6 Å². The van der Waals surface area contributed by atoms with E-state index in [0.29, 0.717) is 6.61 Å². The highest BCUT2D eigenvalue weighted by atomic mass is 19.4. The van der Waals surface area contributed by atoms with Crippen molar-refractivity contribution in [3.63, 3.8) is 0 Å². The number of alkyl halides is 3. The van der Waals surface area contributed by atoms with Crippen molar-refractivity contribution in [1.29, 1.82) is 0 Å². The van der Waals surface area contributed by atoms with Crippen molar-refractivity contribution in [3.05, 3.63) is 18.0 Å². The van der Waals surface area contributed by atoms with Gasteiger partial charge in [0.25, 0.3) is 0 Å². The summed E-state index contributed by atoms with van der Waals surface area (Å²) >= 11 is 0. The van der Waals surface area contributed by atoms with Gasteiger partial charge >= 0.3 is 6.18 Å². The molecule has 92 valence electrons. The largest absolute Gasteiger partial charge is 0.435 e. The van der Waals surface area contributed by atoms with Crippen LogP contribution in [0.3, 0.4) is 0 Å². The minimum absolute atomic E-state index is 0.223. The average molecular weight is 237 g/mol. The molecule has 0 amide bonds. The molecule has 7 heteroatoms. The van der Waals surface area contributed by atoms with Gasteiger partial charge in [0, 0.05) is 19.3 Å². The van der Waals surface area contributed by atoms with E-state index >= 15 is 0 Å². The Morgan fingerprint density at radius 1 is 1.56 bits per heavy atom. The summed E-state index contributed by atoms with van der Waals surface area (Å²) in [6.45, 7) is 2.73. The highest BCUT2D eigenvalue weighted by Crippen LogP contribution is 2.27. The monoisotopic (exact) mass is 237 g/mol. The second kappa shape index (κ2) is 5.31. The van der Waals surface area contributed by atoms with Crippen LogP contribution in [0.2, 0.25) is 0 Å². The van der Waals surface area contributed by atoms with Crippen molar-refractivity contribution in [2.24, 2.45) is 5.73 Å². The standard InChI is InChI=1S/C9H14F3N3O/c1-2-16-7(5-13)6-15-4-3-8(14-15)9(10,11)12/h3-4,7H,2,5-6,13H2,1H3. The molecule has 1 rings (SSSR count). The van der Waals surface area contributed by atoms with Gasteiger partial charge in [-0.1, -0.05) is 0 Å². The Morgan fingerprint density at radius 3 is 2.69 bits per heavy atom. The molecule has 0 radical (unpaired) electrons. The molecule has 1 unspecified atom stereocenters. The molecule has 4 nitrogen and oxygen atoms in total. The zero-order valence-electron chi connectivity index (χ0n) is 8.87. The zero-order chi connectivity index (χ0) is 12.2. The first-order chi connectivity index (χ1) is 7.47. The van der Waals surface area contributed by atoms with Crippen LogP contribution in [0, 0.1) is 0 Å². The number of aromatic nitrogens is 2. The highest BCUT2D eigenvalue weighted by Gasteiger charge is 2.33. The zero-order valence-corrected chi connectivity index (χ0v) is 8.87. The maximum Gasteiger partial charge on any atom is 0.435 e. The van der Waals surface area contributed by atoms with Crippen LogP contribution in [0.25, 0.3) is 0 Å². The van der Waals surface area contributed by atoms with Gasteiger partial charge in [-0.3, -0.25) is 4.68 Å². The maximum atomic E-state index is 12.2. The van der Waals surface area contributed by atoms with E-state index in [4.69, 9.17) is 10.5 Å². The lowest BCUT2D eigenvalue weighted by Gasteiger charge is -2.14. The first-order valence-corrected chi connectivity index (χ1v) is 4.89. The molecule has 0 saturated carbocycles. The average Bonchev–Trinajstić information content (AvgIpc) is 2.65. The molecule has 0 bridgehead atoms. The van der Waals surface area contributed by atoms with E-state index in [0.717, 1.165) is 6.07 Å². The van der Waals surface area contributed by atoms with E-state index in [1.165, 1.54) is 10.9 Å². The number of rotatable bonds is 5. The Kier molecular flexibility index (Phi) is 4.31. The molecule has 16 heavy (non-hydrogen) atoms. The van der Waals surface area contributed by atoms with Crippen LogP contribution >= 0.6 is 0 Å². The van der Waals surface area contributed by atoms with E-state index in [1.54, 1.807) is 6.92 Å². The summed E-state index contributed by atoms with van der Waals surface area (Å²) in [7, 11) is 0. The van der Waals surface area contributed by atoms with Crippen molar-refractivity contribution in [1.82, 2.24) is 9.78 Å². The van der Waals surface area contributed by atoms with Gasteiger partial charge in [-0.05, 0) is 13.0 Å². The van der Waals surface area contributed by atoms with E-state index in [2.05, 4.69) is 5.10 Å². The number of ether oxygens (including phenoxy) is 1. The number of nitrogens with zero attached hydrogens (tertiary/aromatic N) is 2. The van der Waals surface area contributed by atoms with Crippen molar-refractivity contribution < 1.29 is 17.9 Å².